The zero-order valence-electron chi connectivity index (χ0n) is 27.2. The van der Waals surface area contributed by atoms with Crippen molar-refractivity contribution in [3.63, 3.8) is 0 Å². The van der Waals surface area contributed by atoms with E-state index in [1.54, 1.807) is 0 Å². The van der Waals surface area contributed by atoms with Crippen molar-refractivity contribution in [1.82, 2.24) is 9.13 Å². The van der Waals surface area contributed by atoms with Crippen molar-refractivity contribution in [2.75, 3.05) is 0 Å². The third-order valence-corrected chi connectivity index (χ3v) is 9.24. The van der Waals surface area contributed by atoms with E-state index in [0.717, 1.165) is 33.3 Å². The maximum atomic E-state index is 6.69. The Labute approximate surface area is 274 Å². The van der Waals surface area contributed by atoms with Crippen LogP contribution >= 0.6 is 0 Å². The Kier molecular flexibility index (Phi) is 7.03. The van der Waals surface area contributed by atoms with Gasteiger partial charge < -0.3 is 13.6 Å². The van der Waals surface area contributed by atoms with E-state index in [4.69, 9.17) is 4.42 Å². The van der Waals surface area contributed by atoms with E-state index in [1.807, 2.05) is 13.8 Å². The number of aromatic nitrogens is 2. The highest BCUT2D eigenvalue weighted by Gasteiger charge is 2.20. The molecule has 47 heavy (non-hydrogen) atoms. The van der Waals surface area contributed by atoms with Gasteiger partial charge in [-0.2, -0.15) is 0 Å². The highest BCUT2D eigenvalue weighted by atomic mass is 16.3. The highest BCUT2D eigenvalue weighted by molar-refractivity contribution is 6.12. The predicted molar refractivity (Wildman–Crippen MR) is 201 cm³/mol. The van der Waals surface area contributed by atoms with Gasteiger partial charge in [-0.05, 0) is 85.1 Å². The van der Waals surface area contributed by atoms with Crippen LogP contribution in [0.4, 0.5) is 0 Å². The molecular weight excluding hydrogens is 572 g/mol. The quantitative estimate of drug-likeness (QED) is 0.195. The summed E-state index contributed by atoms with van der Waals surface area (Å²) in [5.41, 5.74) is 12.4. The van der Waals surface area contributed by atoms with Crippen LogP contribution < -0.4 is 0 Å². The van der Waals surface area contributed by atoms with Crippen LogP contribution in [0.2, 0.25) is 0 Å². The summed E-state index contributed by atoms with van der Waals surface area (Å²) in [4.78, 5) is 0. The molecule has 0 bridgehead atoms. The van der Waals surface area contributed by atoms with Gasteiger partial charge in [0.15, 0.2) is 5.58 Å². The monoisotopic (exact) mass is 608 g/mol. The molecule has 0 saturated heterocycles. The van der Waals surface area contributed by atoms with Crippen molar-refractivity contribution < 1.29 is 4.42 Å². The van der Waals surface area contributed by atoms with E-state index in [1.165, 1.54) is 55.1 Å². The molecule has 3 heteroatoms. The summed E-state index contributed by atoms with van der Waals surface area (Å²) in [6.45, 7) is 8.27. The molecule has 0 unspecified atom stereocenters. The summed E-state index contributed by atoms with van der Waals surface area (Å²) in [6.07, 6.45) is 4.30. The number of aryl methyl sites for hydroxylation is 1. The van der Waals surface area contributed by atoms with Crippen LogP contribution in [0.25, 0.3) is 83.2 Å². The smallest absolute Gasteiger partial charge is 0.159 e. The molecule has 3 nitrogen and oxygen atoms in total. The number of hydrogen-bond acceptors (Lipinski definition) is 1. The summed E-state index contributed by atoms with van der Waals surface area (Å²) >= 11 is 0. The molecule has 0 atom stereocenters. The minimum Gasteiger partial charge on any atom is -0.454 e. The third-order valence-electron chi connectivity index (χ3n) is 9.24. The van der Waals surface area contributed by atoms with Crippen molar-refractivity contribution in [3.05, 3.63) is 151 Å². The molecule has 0 aliphatic carbocycles. The fraction of sp³-hybridized carbons (Fsp3) is 0.0909. The van der Waals surface area contributed by atoms with Gasteiger partial charge in [-0.1, -0.05) is 105 Å². The summed E-state index contributed by atoms with van der Waals surface area (Å²) < 4.78 is 11.4. The van der Waals surface area contributed by atoms with Crippen molar-refractivity contribution in [2.24, 2.45) is 0 Å². The Morgan fingerprint density at radius 1 is 0.532 bits per heavy atom. The molecule has 0 amide bonds. The molecule has 0 aliphatic rings. The number of nitrogens with zero attached hydrogens (tertiary/aromatic N) is 2. The fourth-order valence-electron chi connectivity index (χ4n) is 7.19. The molecule has 0 aliphatic heterocycles. The largest absolute Gasteiger partial charge is 0.454 e. The molecule has 0 fully saturated rings. The van der Waals surface area contributed by atoms with Gasteiger partial charge >= 0.3 is 0 Å². The first kappa shape index (κ1) is 28.7. The summed E-state index contributed by atoms with van der Waals surface area (Å²) in [5.74, 6) is 0. The van der Waals surface area contributed by atoms with Crippen molar-refractivity contribution in [1.29, 1.82) is 0 Å². The van der Waals surface area contributed by atoms with E-state index in [-0.39, 0.29) is 0 Å². The van der Waals surface area contributed by atoms with E-state index < -0.39 is 0 Å². The lowest BCUT2D eigenvalue weighted by atomic mass is 10.0. The number of allylic oxidation sites excluding steroid dienone is 1. The maximum Gasteiger partial charge on any atom is 0.159 e. The van der Waals surface area contributed by atoms with E-state index in [2.05, 4.69) is 169 Å². The lowest BCUT2D eigenvalue weighted by Gasteiger charge is -2.10. The number of hydrogen-bond donors (Lipinski definition) is 0. The minimum absolute atomic E-state index is 0.883. The van der Waals surface area contributed by atoms with Crippen LogP contribution in [0.3, 0.4) is 0 Å². The molecule has 0 radical (unpaired) electrons. The summed E-state index contributed by atoms with van der Waals surface area (Å²) in [7, 11) is 0. The van der Waals surface area contributed by atoms with Gasteiger partial charge in [0.25, 0.3) is 0 Å². The third kappa shape index (κ3) is 4.42. The Balaban J connectivity index is 0.00000159. The summed E-state index contributed by atoms with van der Waals surface area (Å²) in [5, 5.41) is 5.96. The van der Waals surface area contributed by atoms with E-state index >= 15 is 0 Å². The number of rotatable bonds is 4. The molecule has 3 heterocycles. The number of furan rings is 1. The SMILES string of the molecule is C/C=C\c1c(C)c2ccccc2n1-c1cccc2c1oc1ccc(-n3c4ccccc4c4cc(-c5ccccc5)ccc43)cc12.CC. The lowest BCUT2D eigenvalue weighted by Crippen LogP contribution is -1.97. The van der Waals surface area contributed by atoms with E-state index in [9.17, 15) is 0 Å². The van der Waals surface area contributed by atoms with Gasteiger partial charge in [0.1, 0.15) is 5.58 Å². The van der Waals surface area contributed by atoms with Gasteiger partial charge in [-0.3, -0.25) is 0 Å². The van der Waals surface area contributed by atoms with Crippen molar-refractivity contribution in [2.45, 2.75) is 27.7 Å². The van der Waals surface area contributed by atoms with Gasteiger partial charge in [0.2, 0.25) is 0 Å². The Morgan fingerprint density at radius 3 is 2.00 bits per heavy atom. The molecule has 0 N–H and O–H groups in total. The van der Waals surface area contributed by atoms with Crippen LogP contribution in [0.1, 0.15) is 32.0 Å². The molecule has 3 aromatic heterocycles. The minimum atomic E-state index is 0.883. The average Bonchev–Trinajstić information content (AvgIpc) is 3.77. The fourth-order valence-corrected chi connectivity index (χ4v) is 7.19. The molecule has 228 valence electrons. The van der Waals surface area contributed by atoms with Gasteiger partial charge in [0.05, 0.1) is 22.2 Å². The Morgan fingerprint density at radius 2 is 1.21 bits per heavy atom. The molecule has 9 aromatic rings. The maximum absolute atomic E-state index is 6.69. The zero-order valence-corrected chi connectivity index (χ0v) is 27.2. The number of benzene rings is 6. The first-order valence-corrected chi connectivity index (χ1v) is 16.5. The second kappa shape index (κ2) is 11.5. The van der Waals surface area contributed by atoms with Crippen LogP contribution in [0, 0.1) is 6.92 Å². The second-order valence-corrected chi connectivity index (χ2v) is 11.7. The molecule has 0 saturated carbocycles. The zero-order chi connectivity index (χ0) is 32.1. The predicted octanol–water partition coefficient (Wildman–Crippen LogP) is 12.7. The van der Waals surface area contributed by atoms with Crippen molar-refractivity contribution >= 4 is 60.7 Å². The standard InChI is InChI=1S/C42H30N2O.C2H6/c1-3-12-36-27(2)31-15-7-9-18-37(31)44(36)40-20-11-17-33-35-26-30(22-24-41(35)45-42(33)40)43-38-19-10-8-16-32(38)34-25-29(21-23-39(34)43)28-13-5-4-6-14-28;1-2/h3-26H,1-2H3;1-2H3/b12-3-;. The topological polar surface area (TPSA) is 23.0 Å². The number of para-hydroxylation sites is 3. The first-order valence-electron chi connectivity index (χ1n) is 16.5. The van der Waals surface area contributed by atoms with Gasteiger partial charge in [-0.15, -0.1) is 0 Å². The Hall–Kier alpha value is -5.80. The van der Waals surface area contributed by atoms with E-state index in [0.29, 0.717) is 0 Å². The highest BCUT2D eigenvalue weighted by Crippen LogP contribution is 2.40. The normalized spacial score (nSPS) is 11.7. The molecule has 6 aromatic carbocycles. The molecule has 9 rings (SSSR count). The summed E-state index contributed by atoms with van der Waals surface area (Å²) in [6, 6.07) is 47.8. The van der Waals surface area contributed by atoms with Crippen LogP contribution in [0.15, 0.2) is 144 Å². The van der Waals surface area contributed by atoms with Gasteiger partial charge in [0, 0.05) is 38.3 Å². The average molecular weight is 609 g/mol. The first-order chi connectivity index (χ1) is 23.2. The van der Waals surface area contributed by atoms with Crippen LogP contribution in [0.5, 0.6) is 0 Å². The van der Waals surface area contributed by atoms with Gasteiger partial charge in [-0.25, -0.2) is 0 Å². The molecule has 0 spiro atoms. The van der Waals surface area contributed by atoms with Crippen LogP contribution in [-0.2, 0) is 0 Å². The number of fused-ring (bicyclic) bond motifs is 7. The Bertz CT molecular complexity index is 2610. The van der Waals surface area contributed by atoms with Crippen molar-refractivity contribution in [3.8, 4) is 22.5 Å². The lowest BCUT2D eigenvalue weighted by molar-refractivity contribution is 0.665. The second-order valence-electron chi connectivity index (χ2n) is 11.7. The van der Waals surface area contributed by atoms with Crippen LogP contribution in [-0.4, -0.2) is 9.13 Å². The molecular formula is C44H36N2O.